The van der Waals surface area contributed by atoms with Gasteiger partial charge in [-0.1, -0.05) is 18.6 Å². The molecular weight excluding hydrogens is 254 g/mol. The third-order valence-corrected chi connectivity index (χ3v) is 4.11. The molecule has 2 unspecified atom stereocenters. The molecule has 1 heterocycles. The first-order valence-electron chi connectivity index (χ1n) is 7.31. The Kier molecular flexibility index (Phi) is 5.09. The fourth-order valence-corrected chi connectivity index (χ4v) is 2.95. The zero-order valence-corrected chi connectivity index (χ0v) is 12.0. The Hall–Kier alpha value is -1.46. The van der Waals surface area contributed by atoms with Crippen LogP contribution in [-0.4, -0.2) is 35.0 Å². The summed E-state index contributed by atoms with van der Waals surface area (Å²) in [5.41, 5.74) is 7.36. The van der Waals surface area contributed by atoms with E-state index in [-0.39, 0.29) is 16.7 Å². The summed E-state index contributed by atoms with van der Waals surface area (Å²) in [5, 5.41) is 10.6. The second kappa shape index (κ2) is 6.81. The maximum Gasteiger partial charge on any atom is 0.269 e. The van der Waals surface area contributed by atoms with Crippen LogP contribution in [0.1, 0.15) is 31.7 Å². The molecule has 5 heteroatoms. The SMILES string of the molecule is CC(N)C1CCCCN1CCc1ccc([N+](=O)[O-])cc1. The van der Waals surface area contributed by atoms with Crippen molar-refractivity contribution in [3.8, 4) is 0 Å². The zero-order chi connectivity index (χ0) is 14.5. The van der Waals surface area contributed by atoms with Gasteiger partial charge < -0.3 is 5.73 Å². The number of nitro groups is 1. The average Bonchev–Trinajstić information content (AvgIpc) is 2.45. The van der Waals surface area contributed by atoms with Crippen molar-refractivity contribution in [2.24, 2.45) is 5.73 Å². The van der Waals surface area contributed by atoms with Crippen molar-refractivity contribution in [1.82, 2.24) is 4.90 Å². The van der Waals surface area contributed by atoms with Gasteiger partial charge in [0.2, 0.25) is 0 Å². The van der Waals surface area contributed by atoms with E-state index in [1.54, 1.807) is 12.1 Å². The summed E-state index contributed by atoms with van der Waals surface area (Å²) in [4.78, 5) is 12.7. The van der Waals surface area contributed by atoms with E-state index < -0.39 is 0 Å². The minimum Gasteiger partial charge on any atom is -0.327 e. The lowest BCUT2D eigenvalue weighted by Crippen LogP contribution is -2.49. The third kappa shape index (κ3) is 3.77. The number of non-ortho nitro benzene ring substituents is 1. The van der Waals surface area contributed by atoms with E-state index >= 15 is 0 Å². The van der Waals surface area contributed by atoms with Crippen molar-refractivity contribution in [2.75, 3.05) is 13.1 Å². The van der Waals surface area contributed by atoms with Gasteiger partial charge >= 0.3 is 0 Å². The summed E-state index contributed by atoms with van der Waals surface area (Å²) in [7, 11) is 0. The van der Waals surface area contributed by atoms with Gasteiger partial charge in [0.25, 0.3) is 5.69 Å². The van der Waals surface area contributed by atoms with Crippen LogP contribution in [0.15, 0.2) is 24.3 Å². The first-order valence-corrected chi connectivity index (χ1v) is 7.31. The molecule has 1 aromatic carbocycles. The minimum atomic E-state index is -0.361. The van der Waals surface area contributed by atoms with Crippen LogP contribution in [0.5, 0.6) is 0 Å². The highest BCUT2D eigenvalue weighted by atomic mass is 16.6. The number of hydrogen-bond acceptors (Lipinski definition) is 4. The number of nitro benzene ring substituents is 1. The Morgan fingerprint density at radius 2 is 2.10 bits per heavy atom. The molecule has 2 rings (SSSR count). The smallest absolute Gasteiger partial charge is 0.269 e. The van der Waals surface area contributed by atoms with Crippen LogP contribution in [0.2, 0.25) is 0 Å². The molecule has 0 aliphatic carbocycles. The fraction of sp³-hybridized carbons (Fsp3) is 0.600. The molecule has 2 N–H and O–H groups in total. The maximum absolute atomic E-state index is 10.6. The third-order valence-electron chi connectivity index (χ3n) is 4.11. The van der Waals surface area contributed by atoms with Gasteiger partial charge in [0, 0.05) is 30.8 Å². The van der Waals surface area contributed by atoms with E-state index in [2.05, 4.69) is 11.8 Å². The second-order valence-electron chi connectivity index (χ2n) is 5.63. The molecule has 0 bridgehead atoms. The Labute approximate surface area is 119 Å². The molecule has 0 spiro atoms. The highest BCUT2D eigenvalue weighted by Gasteiger charge is 2.24. The van der Waals surface area contributed by atoms with Crippen molar-refractivity contribution in [3.05, 3.63) is 39.9 Å². The normalized spacial score (nSPS) is 21.6. The fourth-order valence-electron chi connectivity index (χ4n) is 2.95. The van der Waals surface area contributed by atoms with Gasteiger partial charge in [-0.2, -0.15) is 0 Å². The monoisotopic (exact) mass is 277 g/mol. The molecule has 0 aromatic heterocycles. The number of rotatable bonds is 5. The largest absolute Gasteiger partial charge is 0.327 e. The van der Waals surface area contributed by atoms with Crippen LogP contribution in [0.3, 0.4) is 0 Å². The van der Waals surface area contributed by atoms with Crippen molar-refractivity contribution >= 4 is 5.69 Å². The second-order valence-corrected chi connectivity index (χ2v) is 5.63. The number of nitrogens with two attached hydrogens (primary N) is 1. The Balaban J connectivity index is 1.91. The lowest BCUT2D eigenvalue weighted by atomic mass is 9.96. The Morgan fingerprint density at radius 1 is 1.40 bits per heavy atom. The molecule has 110 valence electrons. The summed E-state index contributed by atoms with van der Waals surface area (Å²) < 4.78 is 0. The minimum absolute atomic E-state index is 0.153. The van der Waals surface area contributed by atoms with E-state index in [0.717, 1.165) is 25.1 Å². The van der Waals surface area contributed by atoms with Crippen LogP contribution in [0.25, 0.3) is 0 Å². The summed E-state index contributed by atoms with van der Waals surface area (Å²) in [6.45, 7) is 4.16. The van der Waals surface area contributed by atoms with Crippen LogP contribution in [-0.2, 0) is 6.42 Å². The van der Waals surface area contributed by atoms with Crippen LogP contribution >= 0.6 is 0 Å². The molecule has 1 fully saturated rings. The predicted molar refractivity (Wildman–Crippen MR) is 79.7 cm³/mol. The number of nitrogens with zero attached hydrogens (tertiary/aromatic N) is 2. The van der Waals surface area contributed by atoms with Crippen molar-refractivity contribution in [3.63, 3.8) is 0 Å². The molecular formula is C15H23N3O2. The lowest BCUT2D eigenvalue weighted by Gasteiger charge is -2.38. The number of piperidine rings is 1. The van der Waals surface area contributed by atoms with Crippen LogP contribution < -0.4 is 5.73 Å². The first kappa shape index (κ1) is 14.9. The van der Waals surface area contributed by atoms with Gasteiger partial charge in [0.1, 0.15) is 0 Å². The standard InChI is InChI=1S/C15H23N3O2/c1-12(16)15-4-2-3-10-17(15)11-9-13-5-7-14(8-6-13)18(19)20/h5-8,12,15H,2-4,9-11,16H2,1H3. The number of hydrogen-bond donors (Lipinski definition) is 1. The van der Waals surface area contributed by atoms with Crippen LogP contribution in [0.4, 0.5) is 5.69 Å². The number of likely N-dealkylation sites (tertiary alicyclic amines) is 1. The lowest BCUT2D eigenvalue weighted by molar-refractivity contribution is -0.384. The molecule has 0 saturated carbocycles. The zero-order valence-electron chi connectivity index (χ0n) is 12.0. The highest BCUT2D eigenvalue weighted by molar-refractivity contribution is 5.32. The highest BCUT2D eigenvalue weighted by Crippen LogP contribution is 2.20. The Morgan fingerprint density at radius 3 is 2.70 bits per heavy atom. The summed E-state index contributed by atoms with van der Waals surface area (Å²) >= 11 is 0. The quantitative estimate of drug-likeness (QED) is 0.662. The average molecular weight is 277 g/mol. The first-order chi connectivity index (χ1) is 9.58. The van der Waals surface area contributed by atoms with Gasteiger partial charge in [-0.3, -0.25) is 15.0 Å². The number of benzene rings is 1. The van der Waals surface area contributed by atoms with Crippen molar-refractivity contribution < 1.29 is 4.92 Å². The molecule has 0 amide bonds. The summed E-state index contributed by atoms with van der Waals surface area (Å²) in [6, 6.07) is 7.53. The van der Waals surface area contributed by atoms with Crippen LogP contribution in [0, 0.1) is 10.1 Å². The van der Waals surface area contributed by atoms with E-state index in [1.807, 2.05) is 12.1 Å². The summed E-state index contributed by atoms with van der Waals surface area (Å²) in [6.07, 6.45) is 4.60. The molecule has 1 saturated heterocycles. The molecule has 0 radical (unpaired) electrons. The van der Waals surface area contributed by atoms with Gasteiger partial charge in [-0.15, -0.1) is 0 Å². The molecule has 1 aliphatic heterocycles. The maximum atomic E-state index is 10.6. The Bertz CT molecular complexity index is 445. The van der Waals surface area contributed by atoms with E-state index in [1.165, 1.54) is 19.3 Å². The molecule has 1 aliphatic rings. The predicted octanol–water partition coefficient (Wildman–Crippen LogP) is 2.34. The van der Waals surface area contributed by atoms with Gasteiger partial charge in [-0.25, -0.2) is 0 Å². The molecule has 20 heavy (non-hydrogen) atoms. The van der Waals surface area contributed by atoms with E-state index in [0.29, 0.717) is 6.04 Å². The van der Waals surface area contributed by atoms with E-state index in [9.17, 15) is 10.1 Å². The molecule has 1 aromatic rings. The van der Waals surface area contributed by atoms with Crippen molar-refractivity contribution in [2.45, 2.75) is 44.7 Å². The van der Waals surface area contributed by atoms with Gasteiger partial charge in [0.05, 0.1) is 4.92 Å². The van der Waals surface area contributed by atoms with E-state index in [4.69, 9.17) is 5.73 Å². The summed E-state index contributed by atoms with van der Waals surface area (Å²) in [5.74, 6) is 0. The molecule has 5 nitrogen and oxygen atoms in total. The van der Waals surface area contributed by atoms with Crippen molar-refractivity contribution in [1.29, 1.82) is 0 Å². The van der Waals surface area contributed by atoms with Gasteiger partial charge in [0.15, 0.2) is 0 Å². The topological polar surface area (TPSA) is 72.4 Å². The van der Waals surface area contributed by atoms with Gasteiger partial charge in [-0.05, 0) is 38.3 Å². The molecule has 2 atom stereocenters.